The largest absolute Gasteiger partial charge is 0.454 e. The minimum atomic E-state index is -0.0922. The molecule has 0 bridgehead atoms. The monoisotopic (exact) mass is 452 g/mol. The first-order valence-corrected chi connectivity index (χ1v) is 9.28. The maximum atomic E-state index is 12.7. The summed E-state index contributed by atoms with van der Waals surface area (Å²) < 4.78 is 16.5. The molecule has 0 aliphatic carbocycles. The molecule has 160 valence electrons. The van der Waals surface area contributed by atoms with E-state index < -0.39 is 0 Å². The van der Waals surface area contributed by atoms with Gasteiger partial charge in [-0.1, -0.05) is 12.1 Å². The standard InChI is InChI=1S/C20H20N4O4.2ClH/c21-13-9-17-18(27-11-26-17)10-15(13)22-19(25)12-5-7-24(8-6-12)20-23-14-3-1-2-4-16(14)28-20;;/h1-4,9-10,12H,5-8,11,21H2,(H,22,25);2*1H. The number of benzene rings is 2. The first kappa shape index (κ1) is 21.9. The first-order chi connectivity index (χ1) is 13.7. The van der Waals surface area contributed by atoms with Crippen LogP contribution in [0, 0.1) is 5.92 Å². The molecule has 2 aromatic carbocycles. The van der Waals surface area contributed by atoms with Crippen LogP contribution in [0.25, 0.3) is 11.1 Å². The molecular weight excluding hydrogens is 431 g/mol. The first-order valence-electron chi connectivity index (χ1n) is 9.28. The molecule has 3 heterocycles. The molecule has 8 nitrogen and oxygen atoms in total. The Labute approximate surface area is 185 Å². The number of halogens is 2. The van der Waals surface area contributed by atoms with Crippen LogP contribution in [0.3, 0.4) is 0 Å². The van der Waals surface area contributed by atoms with Crippen LogP contribution < -0.4 is 25.4 Å². The summed E-state index contributed by atoms with van der Waals surface area (Å²) in [6.45, 7) is 1.59. The summed E-state index contributed by atoms with van der Waals surface area (Å²) in [5, 5.41) is 2.93. The minimum absolute atomic E-state index is 0. The van der Waals surface area contributed by atoms with E-state index in [9.17, 15) is 4.79 Å². The van der Waals surface area contributed by atoms with Gasteiger partial charge in [0.2, 0.25) is 12.7 Å². The van der Waals surface area contributed by atoms with Crippen LogP contribution in [-0.4, -0.2) is 30.8 Å². The van der Waals surface area contributed by atoms with E-state index in [1.165, 1.54) is 0 Å². The van der Waals surface area contributed by atoms with Crippen LogP contribution in [0.15, 0.2) is 40.8 Å². The fraction of sp³-hybridized carbons (Fsp3) is 0.300. The summed E-state index contributed by atoms with van der Waals surface area (Å²) in [6, 6.07) is 11.7. The van der Waals surface area contributed by atoms with Crippen molar-refractivity contribution in [2.45, 2.75) is 12.8 Å². The van der Waals surface area contributed by atoms with Crippen molar-refractivity contribution in [3.8, 4) is 11.5 Å². The second kappa shape index (κ2) is 8.89. The molecule has 10 heteroatoms. The van der Waals surface area contributed by atoms with Gasteiger partial charge in [-0.25, -0.2) is 0 Å². The number of nitrogens with zero attached hydrogens (tertiary/aromatic N) is 2. The van der Waals surface area contributed by atoms with Gasteiger partial charge in [-0.2, -0.15) is 4.98 Å². The van der Waals surface area contributed by atoms with E-state index in [0.717, 1.165) is 23.9 Å². The summed E-state index contributed by atoms with van der Waals surface area (Å²) in [7, 11) is 0. The summed E-state index contributed by atoms with van der Waals surface area (Å²) in [6.07, 6.45) is 1.43. The number of carbonyl (C=O) groups is 1. The van der Waals surface area contributed by atoms with Crippen molar-refractivity contribution in [1.29, 1.82) is 0 Å². The Bertz CT molecular complexity index is 1020. The van der Waals surface area contributed by atoms with Crippen molar-refractivity contribution >= 4 is 59.2 Å². The molecule has 2 aliphatic heterocycles. The lowest BCUT2D eigenvalue weighted by Gasteiger charge is -2.30. The molecular formula is C20H22Cl2N4O4. The molecule has 3 aromatic rings. The lowest BCUT2D eigenvalue weighted by molar-refractivity contribution is -0.120. The number of hydrogen-bond donors (Lipinski definition) is 2. The van der Waals surface area contributed by atoms with Crippen LogP contribution in [0.2, 0.25) is 0 Å². The predicted octanol–water partition coefficient (Wildman–Crippen LogP) is 3.84. The van der Waals surface area contributed by atoms with Crippen molar-refractivity contribution in [3.63, 3.8) is 0 Å². The predicted molar refractivity (Wildman–Crippen MR) is 119 cm³/mol. The summed E-state index contributed by atoms with van der Waals surface area (Å²) in [5.74, 6) is 1.06. The molecule has 0 spiro atoms. The van der Waals surface area contributed by atoms with Crippen LogP contribution in [-0.2, 0) is 4.79 Å². The molecule has 1 amide bonds. The Morgan fingerprint density at radius 1 is 1.10 bits per heavy atom. The van der Waals surface area contributed by atoms with Crippen LogP contribution in [0.1, 0.15) is 12.8 Å². The highest BCUT2D eigenvalue weighted by Gasteiger charge is 2.28. The summed E-state index contributed by atoms with van der Waals surface area (Å²) in [5.41, 5.74) is 8.66. The zero-order valence-electron chi connectivity index (χ0n) is 16.0. The highest BCUT2D eigenvalue weighted by atomic mass is 35.5. The average Bonchev–Trinajstić information content (AvgIpc) is 3.34. The van der Waals surface area contributed by atoms with Gasteiger partial charge in [-0.3, -0.25) is 4.79 Å². The number of nitrogens with two attached hydrogens (primary N) is 1. The highest BCUT2D eigenvalue weighted by Crippen LogP contribution is 2.38. The minimum Gasteiger partial charge on any atom is -0.454 e. The number of ether oxygens (including phenoxy) is 2. The van der Waals surface area contributed by atoms with E-state index in [1.54, 1.807) is 12.1 Å². The second-order valence-electron chi connectivity index (χ2n) is 7.01. The summed E-state index contributed by atoms with van der Waals surface area (Å²) in [4.78, 5) is 19.3. The number of fused-ring (bicyclic) bond motifs is 2. The van der Waals surface area contributed by atoms with Gasteiger partial charge in [0.15, 0.2) is 17.1 Å². The van der Waals surface area contributed by atoms with Crippen LogP contribution in [0.4, 0.5) is 17.4 Å². The van der Waals surface area contributed by atoms with E-state index in [-0.39, 0.29) is 43.4 Å². The molecule has 0 atom stereocenters. The molecule has 3 N–H and O–H groups in total. The number of nitrogen functional groups attached to an aromatic ring is 1. The van der Waals surface area contributed by atoms with Crippen molar-refractivity contribution in [2.24, 2.45) is 5.92 Å². The molecule has 1 saturated heterocycles. The van der Waals surface area contributed by atoms with E-state index in [2.05, 4.69) is 15.2 Å². The van der Waals surface area contributed by atoms with Gasteiger partial charge in [0.1, 0.15) is 5.52 Å². The molecule has 0 radical (unpaired) electrons. The van der Waals surface area contributed by atoms with Gasteiger partial charge in [0.25, 0.3) is 6.01 Å². The summed E-state index contributed by atoms with van der Waals surface area (Å²) >= 11 is 0. The third-order valence-corrected chi connectivity index (χ3v) is 5.22. The van der Waals surface area contributed by atoms with E-state index in [1.807, 2.05) is 24.3 Å². The van der Waals surface area contributed by atoms with Gasteiger partial charge in [-0.05, 0) is 25.0 Å². The molecule has 5 rings (SSSR count). The zero-order valence-corrected chi connectivity index (χ0v) is 17.6. The number of oxazole rings is 1. The lowest BCUT2D eigenvalue weighted by Crippen LogP contribution is -2.38. The van der Waals surface area contributed by atoms with E-state index >= 15 is 0 Å². The number of rotatable bonds is 3. The van der Waals surface area contributed by atoms with Crippen LogP contribution >= 0.6 is 24.8 Å². The van der Waals surface area contributed by atoms with Gasteiger partial charge < -0.3 is 29.8 Å². The average molecular weight is 453 g/mol. The second-order valence-corrected chi connectivity index (χ2v) is 7.01. The number of anilines is 3. The fourth-order valence-corrected chi connectivity index (χ4v) is 3.63. The third kappa shape index (κ3) is 4.06. The normalized spacial score (nSPS) is 15.4. The van der Waals surface area contributed by atoms with Gasteiger partial charge >= 0.3 is 0 Å². The van der Waals surface area contributed by atoms with Crippen molar-refractivity contribution < 1.29 is 18.7 Å². The molecule has 0 unspecified atom stereocenters. The molecule has 30 heavy (non-hydrogen) atoms. The van der Waals surface area contributed by atoms with Crippen molar-refractivity contribution in [1.82, 2.24) is 4.98 Å². The Morgan fingerprint density at radius 2 is 1.80 bits per heavy atom. The molecule has 1 fully saturated rings. The maximum absolute atomic E-state index is 12.7. The Hall–Kier alpha value is -2.84. The maximum Gasteiger partial charge on any atom is 0.298 e. The smallest absolute Gasteiger partial charge is 0.298 e. The van der Waals surface area contributed by atoms with Crippen molar-refractivity contribution in [3.05, 3.63) is 36.4 Å². The fourth-order valence-electron chi connectivity index (χ4n) is 3.63. The van der Waals surface area contributed by atoms with Gasteiger partial charge in [0, 0.05) is 31.1 Å². The number of piperidine rings is 1. The Morgan fingerprint density at radius 3 is 2.53 bits per heavy atom. The number of aromatic nitrogens is 1. The third-order valence-electron chi connectivity index (χ3n) is 5.22. The van der Waals surface area contributed by atoms with Crippen LogP contribution in [0.5, 0.6) is 11.5 Å². The molecule has 2 aliphatic rings. The highest BCUT2D eigenvalue weighted by molar-refractivity contribution is 5.96. The Kier molecular flexibility index (Phi) is 6.48. The van der Waals surface area contributed by atoms with Gasteiger partial charge in [-0.15, -0.1) is 24.8 Å². The number of amides is 1. The van der Waals surface area contributed by atoms with E-state index in [4.69, 9.17) is 19.6 Å². The number of para-hydroxylation sites is 2. The Balaban J connectivity index is 0.00000128. The lowest BCUT2D eigenvalue weighted by atomic mass is 9.96. The van der Waals surface area contributed by atoms with Crippen molar-refractivity contribution in [2.75, 3.05) is 35.8 Å². The topological polar surface area (TPSA) is 103 Å². The molecule has 0 saturated carbocycles. The quantitative estimate of drug-likeness (QED) is 0.581. The zero-order chi connectivity index (χ0) is 19.1. The number of carbonyl (C=O) groups excluding carboxylic acids is 1. The molecule has 1 aromatic heterocycles. The number of hydrogen-bond acceptors (Lipinski definition) is 7. The van der Waals surface area contributed by atoms with E-state index in [0.29, 0.717) is 42.0 Å². The van der Waals surface area contributed by atoms with Gasteiger partial charge in [0.05, 0.1) is 11.4 Å². The SMILES string of the molecule is Cl.Cl.Nc1cc2c(cc1NC(=O)C1CCN(c3nc4ccccc4o3)CC1)OCO2. The number of nitrogens with one attached hydrogen (secondary N) is 1.